The van der Waals surface area contributed by atoms with Gasteiger partial charge in [-0.25, -0.2) is 4.98 Å². The summed E-state index contributed by atoms with van der Waals surface area (Å²) in [6.45, 7) is 5.86. The molecule has 2 aliphatic rings. The van der Waals surface area contributed by atoms with Gasteiger partial charge in [0.1, 0.15) is 11.0 Å². The van der Waals surface area contributed by atoms with E-state index in [-0.39, 0.29) is 12.6 Å². The van der Waals surface area contributed by atoms with Crippen LogP contribution in [0.4, 0.5) is 11.8 Å². The van der Waals surface area contributed by atoms with Gasteiger partial charge in [0.15, 0.2) is 6.19 Å². The molecular formula is C16H24ClN7O. The van der Waals surface area contributed by atoms with Gasteiger partial charge in [0, 0.05) is 57.9 Å². The molecule has 9 heteroatoms. The fraction of sp³-hybridized carbons (Fsp3) is 0.688. The Balaban J connectivity index is 1.64. The summed E-state index contributed by atoms with van der Waals surface area (Å²) in [7, 11) is 0. The van der Waals surface area contributed by atoms with E-state index in [2.05, 4.69) is 31.3 Å². The number of aliphatic hydroxyl groups excluding tert-OH is 1. The molecular weight excluding hydrogens is 342 g/mol. The summed E-state index contributed by atoms with van der Waals surface area (Å²) in [6.07, 6.45) is 4.17. The molecule has 0 spiro atoms. The maximum absolute atomic E-state index is 9.06. The van der Waals surface area contributed by atoms with Gasteiger partial charge in [-0.1, -0.05) is 11.6 Å². The van der Waals surface area contributed by atoms with E-state index in [1.165, 1.54) is 0 Å². The van der Waals surface area contributed by atoms with Gasteiger partial charge < -0.3 is 20.2 Å². The summed E-state index contributed by atoms with van der Waals surface area (Å²) >= 11 is 6.20. The number of nitrogens with one attached hydrogen (secondary N) is 1. The Bertz CT molecular complexity index is 615. The molecule has 8 nitrogen and oxygen atoms in total. The molecule has 0 radical (unpaired) electrons. The first-order valence-electron chi connectivity index (χ1n) is 8.72. The van der Waals surface area contributed by atoms with Crippen LogP contribution in [0.3, 0.4) is 0 Å². The van der Waals surface area contributed by atoms with Crippen molar-refractivity contribution in [2.45, 2.75) is 18.9 Å². The number of hydrogen-bond acceptors (Lipinski definition) is 8. The van der Waals surface area contributed by atoms with Crippen LogP contribution in [0.2, 0.25) is 5.15 Å². The van der Waals surface area contributed by atoms with Gasteiger partial charge in [0.25, 0.3) is 0 Å². The Morgan fingerprint density at radius 1 is 1.28 bits per heavy atom. The van der Waals surface area contributed by atoms with E-state index in [0.717, 1.165) is 51.4 Å². The van der Waals surface area contributed by atoms with Gasteiger partial charge in [0.2, 0.25) is 5.95 Å². The van der Waals surface area contributed by atoms with Crippen LogP contribution >= 0.6 is 11.6 Å². The van der Waals surface area contributed by atoms with Crippen molar-refractivity contribution in [1.82, 2.24) is 19.8 Å². The summed E-state index contributed by atoms with van der Waals surface area (Å²) in [4.78, 5) is 15.1. The van der Waals surface area contributed by atoms with E-state index < -0.39 is 0 Å². The number of β-amino-alcohol motifs (C(OH)–C–C–N with tert-alkyl or cyclic N) is 1. The maximum atomic E-state index is 9.06. The van der Waals surface area contributed by atoms with E-state index in [1.807, 2.05) is 0 Å². The molecule has 2 aliphatic heterocycles. The molecule has 0 amide bonds. The number of piperidine rings is 1. The summed E-state index contributed by atoms with van der Waals surface area (Å²) in [5.41, 5.74) is 0. The number of nitriles is 1. The molecule has 2 N–H and O–H groups in total. The second kappa shape index (κ2) is 8.52. The molecule has 3 rings (SSSR count). The largest absolute Gasteiger partial charge is 0.395 e. The minimum absolute atomic E-state index is 0.154. The molecule has 136 valence electrons. The molecule has 2 fully saturated rings. The van der Waals surface area contributed by atoms with Crippen LogP contribution in [-0.4, -0.2) is 83.3 Å². The summed E-state index contributed by atoms with van der Waals surface area (Å²) in [5, 5.41) is 21.8. The molecule has 2 saturated heterocycles. The zero-order valence-corrected chi connectivity index (χ0v) is 15.0. The first-order chi connectivity index (χ1) is 12.2. The van der Waals surface area contributed by atoms with Crippen LogP contribution in [0.25, 0.3) is 0 Å². The molecule has 25 heavy (non-hydrogen) atoms. The zero-order valence-electron chi connectivity index (χ0n) is 14.2. The molecule has 0 aliphatic carbocycles. The van der Waals surface area contributed by atoms with Gasteiger partial charge in [-0.15, -0.1) is 0 Å². The number of aliphatic hydroxyl groups is 1. The van der Waals surface area contributed by atoms with E-state index in [1.54, 1.807) is 11.0 Å². The number of halogens is 1. The molecule has 0 aromatic carbocycles. The Kier molecular flexibility index (Phi) is 6.13. The first kappa shape index (κ1) is 18.0. The second-order valence-corrected chi connectivity index (χ2v) is 6.84. The minimum Gasteiger partial charge on any atom is -0.395 e. The molecule has 0 saturated carbocycles. The topological polar surface area (TPSA) is 91.6 Å². The van der Waals surface area contributed by atoms with Crippen LogP contribution < -0.4 is 10.2 Å². The minimum atomic E-state index is 0.154. The highest BCUT2D eigenvalue weighted by atomic mass is 35.5. The lowest BCUT2D eigenvalue weighted by Crippen LogP contribution is -2.47. The van der Waals surface area contributed by atoms with Gasteiger partial charge in [-0.3, -0.25) is 4.90 Å². The van der Waals surface area contributed by atoms with Crippen molar-refractivity contribution in [2.75, 3.05) is 62.6 Å². The van der Waals surface area contributed by atoms with Crippen LogP contribution in [0.1, 0.15) is 12.8 Å². The molecule has 0 bridgehead atoms. The van der Waals surface area contributed by atoms with E-state index >= 15 is 0 Å². The third-order valence-electron chi connectivity index (χ3n) is 4.69. The van der Waals surface area contributed by atoms with Gasteiger partial charge in [0.05, 0.1) is 6.61 Å². The lowest BCUT2D eigenvalue weighted by Gasteiger charge is -2.35. The highest BCUT2D eigenvalue weighted by molar-refractivity contribution is 6.29. The van der Waals surface area contributed by atoms with Crippen LogP contribution in [0.15, 0.2) is 6.07 Å². The SMILES string of the molecule is N#CN1CCC[C@H](Nc2nc(Cl)cc(N3CCN(CCO)CC3)n2)C1. The molecule has 3 heterocycles. The number of nitrogens with zero attached hydrogens (tertiary/aromatic N) is 6. The summed E-state index contributed by atoms with van der Waals surface area (Å²) in [5.74, 6) is 1.34. The number of anilines is 2. The average molecular weight is 366 g/mol. The fourth-order valence-electron chi connectivity index (χ4n) is 3.34. The predicted octanol–water partition coefficient (Wildman–Crippen LogP) is 0.602. The highest BCUT2D eigenvalue weighted by Crippen LogP contribution is 2.21. The average Bonchev–Trinajstić information content (AvgIpc) is 2.62. The second-order valence-electron chi connectivity index (χ2n) is 6.45. The third-order valence-corrected chi connectivity index (χ3v) is 4.88. The molecule has 1 aromatic rings. The van der Waals surface area contributed by atoms with Gasteiger partial charge in [-0.2, -0.15) is 10.2 Å². The lowest BCUT2D eigenvalue weighted by atomic mass is 10.1. The quantitative estimate of drug-likeness (QED) is 0.579. The first-order valence-corrected chi connectivity index (χ1v) is 9.09. The van der Waals surface area contributed by atoms with E-state index in [4.69, 9.17) is 22.0 Å². The van der Waals surface area contributed by atoms with Crippen LogP contribution in [0, 0.1) is 11.5 Å². The summed E-state index contributed by atoms with van der Waals surface area (Å²) < 4.78 is 0. The highest BCUT2D eigenvalue weighted by Gasteiger charge is 2.22. The number of likely N-dealkylation sites (tertiary alicyclic amines) is 1. The number of hydrogen-bond donors (Lipinski definition) is 2. The smallest absolute Gasteiger partial charge is 0.226 e. The van der Waals surface area contributed by atoms with Crippen LogP contribution in [0.5, 0.6) is 0 Å². The van der Waals surface area contributed by atoms with Crippen molar-refractivity contribution in [3.8, 4) is 6.19 Å². The van der Waals surface area contributed by atoms with Crippen molar-refractivity contribution >= 4 is 23.4 Å². The Hall–Kier alpha value is -1.82. The van der Waals surface area contributed by atoms with Gasteiger partial charge in [-0.05, 0) is 12.8 Å². The Morgan fingerprint density at radius 2 is 2.08 bits per heavy atom. The normalized spacial score (nSPS) is 21.9. The van der Waals surface area contributed by atoms with Crippen molar-refractivity contribution < 1.29 is 5.11 Å². The van der Waals surface area contributed by atoms with Crippen molar-refractivity contribution in [2.24, 2.45) is 0 Å². The third kappa shape index (κ3) is 4.84. The summed E-state index contributed by atoms with van der Waals surface area (Å²) in [6, 6.07) is 1.94. The standard InChI is InChI=1S/C16H24ClN7O/c17-14-10-15(24-6-4-22(5-7-24)8-9-25)21-16(20-14)19-13-2-1-3-23(11-13)12-18/h10,13,25H,1-9,11H2,(H,19,20,21)/t13-/m0/s1. The number of piperazine rings is 1. The van der Waals surface area contributed by atoms with E-state index in [0.29, 0.717) is 24.2 Å². The monoisotopic (exact) mass is 365 g/mol. The van der Waals surface area contributed by atoms with Crippen molar-refractivity contribution in [1.29, 1.82) is 5.26 Å². The Labute approximate surface area is 153 Å². The van der Waals surface area contributed by atoms with E-state index in [9.17, 15) is 0 Å². The van der Waals surface area contributed by atoms with Crippen molar-refractivity contribution in [3.05, 3.63) is 11.2 Å². The molecule has 1 atom stereocenters. The zero-order chi connectivity index (χ0) is 17.6. The van der Waals surface area contributed by atoms with Crippen molar-refractivity contribution in [3.63, 3.8) is 0 Å². The fourth-order valence-corrected chi connectivity index (χ4v) is 3.52. The number of rotatable bonds is 5. The Morgan fingerprint density at radius 3 is 2.80 bits per heavy atom. The predicted molar refractivity (Wildman–Crippen MR) is 96.6 cm³/mol. The lowest BCUT2D eigenvalue weighted by molar-refractivity contribution is 0.188. The maximum Gasteiger partial charge on any atom is 0.226 e. The number of aromatic nitrogens is 2. The molecule has 0 unspecified atom stereocenters. The van der Waals surface area contributed by atoms with Gasteiger partial charge >= 0.3 is 0 Å². The molecule has 1 aromatic heterocycles. The van der Waals surface area contributed by atoms with Crippen LogP contribution in [-0.2, 0) is 0 Å².